The van der Waals surface area contributed by atoms with Crippen molar-refractivity contribution in [1.29, 1.82) is 5.26 Å². The Hall–Kier alpha value is -3.36. The number of benzene rings is 3. The molecule has 0 atom stereocenters. The molecule has 0 aliphatic heterocycles. The maximum atomic E-state index is 13.6. The second-order valence-electron chi connectivity index (χ2n) is 7.03. The van der Waals surface area contributed by atoms with E-state index in [0.717, 1.165) is 21.2 Å². The van der Waals surface area contributed by atoms with Crippen molar-refractivity contribution in [1.82, 2.24) is 0 Å². The molecule has 0 aliphatic carbocycles. The number of hydrogen-bond donors (Lipinski definition) is 0. The largest absolute Gasteiger partial charge is 0.490 e. The topological polar surface area (TPSA) is 42.2 Å². The number of nitriles is 1. The molecule has 0 spiro atoms. The lowest BCUT2D eigenvalue weighted by Gasteiger charge is -2.17. The Morgan fingerprint density at radius 3 is 2.56 bits per heavy atom. The summed E-state index contributed by atoms with van der Waals surface area (Å²) < 4.78 is 26.7. The molecule has 0 N–H and O–H groups in total. The Balaban J connectivity index is 2.00. The molecule has 0 saturated heterocycles. The normalized spacial score (nSPS) is 11.0. The molecule has 0 saturated carbocycles. The highest BCUT2D eigenvalue weighted by molar-refractivity contribution is 9.10. The summed E-state index contributed by atoms with van der Waals surface area (Å²) in [4.78, 5) is 0. The maximum absolute atomic E-state index is 13.6. The molecule has 32 heavy (non-hydrogen) atoms. The lowest BCUT2D eigenvalue weighted by atomic mass is 10.0. The summed E-state index contributed by atoms with van der Waals surface area (Å²) in [6.07, 6.45) is 4.09. The lowest BCUT2D eigenvalue weighted by Crippen LogP contribution is -2.03. The van der Waals surface area contributed by atoms with E-state index in [0.29, 0.717) is 42.3 Å². The van der Waals surface area contributed by atoms with Gasteiger partial charge in [-0.25, -0.2) is 4.39 Å². The Bertz CT molecular complexity index is 1160. The fourth-order valence-corrected chi connectivity index (χ4v) is 3.50. The van der Waals surface area contributed by atoms with E-state index < -0.39 is 0 Å². The van der Waals surface area contributed by atoms with E-state index in [1.165, 1.54) is 12.1 Å². The van der Waals surface area contributed by atoms with Gasteiger partial charge in [-0.15, -0.1) is 6.58 Å². The van der Waals surface area contributed by atoms with Gasteiger partial charge in [0.05, 0.1) is 18.2 Å². The molecular weight excluding hydrogens is 469 g/mol. The quantitative estimate of drug-likeness (QED) is 0.178. The van der Waals surface area contributed by atoms with Crippen molar-refractivity contribution in [3.63, 3.8) is 0 Å². The van der Waals surface area contributed by atoms with Crippen LogP contribution < -0.4 is 9.47 Å². The van der Waals surface area contributed by atoms with Gasteiger partial charge in [-0.05, 0) is 72.5 Å². The standard InChI is InChI=1S/C27H23BrFNO2/c1-3-6-22-13-20(14-23(17-30)21-7-5-8-25(29)16-21)15-26(31-4-2)27(22)32-18-19-9-11-24(28)12-10-19/h3,5,7-16H,1,4,6,18H2,2H3/b23-14-. The molecule has 3 aromatic carbocycles. The van der Waals surface area contributed by atoms with Crippen LogP contribution in [0.25, 0.3) is 11.6 Å². The summed E-state index contributed by atoms with van der Waals surface area (Å²) in [5.74, 6) is 0.852. The Morgan fingerprint density at radius 1 is 1.12 bits per heavy atom. The van der Waals surface area contributed by atoms with Crippen molar-refractivity contribution < 1.29 is 13.9 Å². The van der Waals surface area contributed by atoms with Gasteiger partial charge in [0.2, 0.25) is 0 Å². The van der Waals surface area contributed by atoms with Crippen LogP contribution in [0.1, 0.15) is 29.2 Å². The van der Waals surface area contributed by atoms with Crippen LogP contribution in [0, 0.1) is 17.1 Å². The molecule has 0 aromatic heterocycles. The average molecular weight is 492 g/mol. The van der Waals surface area contributed by atoms with Gasteiger partial charge in [-0.2, -0.15) is 5.26 Å². The van der Waals surface area contributed by atoms with Gasteiger partial charge < -0.3 is 9.47 Å². The Morgan fingerprint density at radius 2 is 1.91 bits per heavy atom. The fourth-order valence-electron chi connectivity index (χ4n) is 3.24. The smallest absolute Gasteiger partial charge is 0.165 e. The summed E-state index contributed by atoms with van der Waals surface area (Å²) in [6.45, 7) is 6.61. The number of rotatable bonds is 9. The van der Waals surface area contributed by atoms with E-state index >= 15 is 0 Å². The van der Waals surface area contributed by atoms with Crippen LogP contribution >= 0.6 is 15.9 Å². The molecule has 3 nitrogen and oxygen atoms in total. The molecule has 0 fully saturated rings. The van der Waals surface area contributed by atoms with Crippen LogP contribution in [0.5, 0.6) is 11.5 Å². The Kier molecular flexibility index (Phi) is 8.24. The first-order valence-corrected chi connectivity index (χ1v) is 11.0. The second kappa shape index (κ2) is 11.3. The maximum Gasteiger partial charge on any atom is 0.165 e. The molecule has 0 radical (unpaired) electrons. The van der Waals surface area contributed by atoms with Crippen LogP contribution in [0.4, 0.5) is 4.39 Å². The molecular formula is C27H23BrFNO2. The monoisotopic (exact) mass is 491 g/mol. The molecule has 3 rings (SSSR count). The van der Waals surface area contributed by atoms with E-state index in [1.807, 2.05) is 43.3 Å². The molecule has 0 heterocycles. The van der Waals surface area contributed by atoms with Crippen LogP contribution in [-0.4, -0.2) is 6.61 Å². The highest BCUT2D eigenvalue weighted by Crippen LogP contribution is 2.36. The number of ether oxygens (including phenoxy) is 2. The first-order valence-electron chi connectivity index (χ1n) is 10.2. The molecule has 162 valence electrons. The van der Waals surface area contributed by atoms with Crippen molar-refractivity contribution in [3.05, 3.63) is 106 Å². The number of hydrogen-bond acceptors (Lipinski definition) is 3. The first kappa shape index (κ1) is 23.3. The summed E-state index contributed by atoms with van der Waals surface area (Å²) >= 11 is 3.44. The summed E-state index contributed by atoms with van der Waals surface area (Å²) in [6, 6.07) is 19.9. The first-order chi connectivity index (χ1) is 15.5. The average Bonchev–Trinajstić information content (AvgIpc) is 2.78. The third kappa shape index (κ3) is 6.09. The minimum Gasteiger partial charge on any atom is -0.490 e. The van der Waals surface area contributed by atoms with Crippen LogP contribution in [0.3, 0.4) is 0 Å². The van der Waals surface area contributed by atoms with E-state index in [9.17, 15) is 9.65 Å². The van der Waals surface area contributed by atoms with Gasteiger partial charge in [0.15, 0.2) is 11.5 Å². The third-order valence-corrected chi connectivity index (χ3v) is 5.21. The highest BCUT2D eigenvalue weighted by Gasteiger charge is 2.14. The lowest BCUT2D eigenvalue weighted by molar-refractivity contribution is 0.267. The van der Waals surface area contributed by atoms with E-state index in [-0.39, 0.29) is 5.82 Å². The zero-order chi connectivity index (χ0) is 22.9. The highest BCUT2D eigenvalue weighted by atomic mass is 79.9. The van der Waals surface area contributed by atoms with E-state index in [4.69, 9.17) is 9.47 Å². The molecule has 3 aromatic rings. The van der Waals surface area contributed by atoms with Gasteiger partial charge in [-0.3, -0.25) is 0 Å². The van der Waals surface area contributed by atoms with E-state index in [1.54, 1.807) is 24.3 Å². The van der Waals surface area contributed by atoms with Crippen molar-refractivity contribution in [2.45, 2.75) is 20.0 Å². The second-order valence-corrected chi connectivity index (χ2v) is 7.94. The molecule has 0 bridgehead atoms. The Labute approximate surface area is 196 Å². The zero-order valence-electron chi connectivity index (χ0n) is 17.8. The van der Waals surface area contributed by atoms with Crippen LogP contribution in [0.2, 0.25) is 0 Å². The van der Waals surface area contributed by atoms with Crippen LogP contribution in [-0.2, 0) is 13.0 Å². The number of nitrogens with zero attached hydrogens (tertiary/aromatic N) is 1. The van der Waals surface area contributed by atoms with Crippen molar-refractivity contribution in [2.24, 2.45) is 0 Å². The van der Waals surface area contributed by atoms with Crippen LogP contribution in [0.15, 0.2) is 77.8 Å². The van der Waals surface area contributed by atoms with Gasteiger partial charge in [0.25, 0.3) is 0 Å². The predicted molar refractivity (Wildman–Crippen MR) is 130 cm³/mol. The van der Waals surface area contributed by atoms with Crippen molar-refractivity contribution in [2.75, 3.05) is 6.61 Å². The minimum atomic E-state index is -0.386. The molecule has 0 aliphatic rings. The predicted octanol–water partition coefficient (Wildman–Crippen LogP) is 7.36. The molecule has 0 unspecified atom stereocenters. The summed E-state index contributed by atoms with van der Waals surface area (Å²) in [7, 11) is 0. The van der Waals surface area contributed by atoms with E-state index in [2.05, 4.69) is 28.6 Å². The van der Waals surface area contributed by atoms with Gasteiger partial charge in [-0.1, -0.05) is 46.3 Å². The van der Waals surface area contributed by atoms with Crippen molar-refractivity contribution >= 4 is 27.6 Å². The summed E-state index contributed by atoms with van der Waals surface area (Å²) in [5.41, 5.74) is 3.57. The molecule has 0 amide bonds. The number of allylic oxidation sites excluding steroid dienone is 2. The van der Waals surface area contributed by atoms with Gasteiger partial charge >= 0.3 is 0 Å². The number of halogens is 2. The van der Waals surface area contributed by atoms with Gasteiger partial charge in [0.1, 0.15) is 12.4 Å². The molecule has 5 heteroatoms. The third-order valence-electron chi connectivity index (χ3n) is 4.68. The van der Waals surface area contributed by atoms with Gasteiger partial charge in [0, 0.05) is 10.0 Å². The summed E-state index contributed by atoms with van der Waals surface area (Å²) in [5, 5.41) is 9.65. The SMILES string of the molecule is C=CCc1cc(/C=C(/C#N)c2cccc(F)c2)cc(OCC)c1OCc1ccc(Br)cc1. The van der Waals surface area contributed by atoms with Crippen molar-refractivity contribution in [3.8, 4) is 17.6 Å². The zero-order valence-corrected chi connectivity index (χ0v) is 19.4. The minimum absolute atomic E-state index is 0.361. The fraction of sp³-hybridized carbons (Fsp3) is 0.148.